The molecule has 3 nitrogen and oxygen atoms in total. The third kappa shape index (κ3) is 9.13. The van der Waals surface area contributed by atoms with Crippen LogP contribution in [0.3, 0.4) is 0 Å². The summed E-state index contributed by atoms with van der Waals surface area (Å²) in [5, 5.41) is 2.38. The average molecular weight is 566 g/mol. The minimum atomic E-state index is -2.45. The Balaban J connectivity index is 1.86. The van der Waals surface area contributed by atoms with Crippen LogP contribution in [0.4, 0.5) is 0 Å². The SMILES string of the molecule is CC(C)(C)C(=O)O[C@@H](CCl)[C@H](Cl)CCCCCCCO[Si](c1ccccc1)(c1ccccc1)C(C)(C)C. The van der Waals surface area contributed by atoms with E-state index in [-0.39, 0.29) is 22.3 Å². The molecule has 0 aliphatic rings. The number of hydrogen-bond donors (Lipinski definition) is 0. The van der Waals surface area contributed by atoms with Gasteiger partial charge in [-0.1, -0.05) is 107 Å². The number of rotatable bonds is 14. The molecular weight excluding hydrogens is 519 g/mol. The Morgan fingerprint density at radius 3 is 1.76 bits per heavy atom. The van der Waals surface area contributed by atoms with Gasteiger partial charge in [0.15, 0.2) is 0 Å². The maximum absolute atomic E-state index is 12.2. The third-order valence-corrected chi connectivity index (χ3v) is 12.6. The van der Waals surface area contributed by atoms with Crippen molar-refractivity contribution in [2.24, 2.45) is 5.41 Å². The number of carbonyl (C=O) groups is 1. The van der Waals surface area contributed by atoms with Gasteiger partial charge in [0.25, 0.3) is 8.32 Å². The zero-order chi connectivity index (χ0) is 27.5. The van der Waals surface area contributed by atoms with Gasteiger partial charge in [-0.3, -0.25) is 4.79 Å². The fourth-order valence-corrected chi connectivity index (χ4v) is 9.93. The van der Waals surface area contributed by atoms with Crippen molar-refractivity contribution in [1.82, 2.24) is 0 Å². The Morgan fingerprint density at radius 2 is 1.30 bits per heavy atom. The minimum Gasteiger partial charge on any atom is -0.459 e. The summed E-state index contributed by atoms with van der Waals surface area (Å²) >= 11 is 12.6. The molecule has 0 saturated heterocycles. The number of halogens is 2. The van der Waals surface area contributed by atoms with Crippen LogP contribution in [-0.4, -0.2) is 38.3 Å². The number of carbonyl (C=O) groups excluding carboxylic acids is 1. The van der Waals surface area contributed by atoms with E-state index in [1.54, 1.807) is 0 Å². The van der Waals surface area contributed by atoms with Crippen molar-refractivity contribution in [2.75, 3.05) is 12.5 Å². The van der Waals surface area contributed by atoms with Crippen LogP contribution in [0.15, 0.2) is 60.7 Å². The predicted molar refractivity (Wildman–Crippen MR) is 161 cm³/mol. The Bertz CT molecular complexity index is 883. The first-order valence-corrected chi connectivity index (χ1v) is 16.5. The normalized spacial score (nSPS) is 14.3. The highest BCUT2D eigenvalue weighted by Crippen LogP contribution is 2.36. The molecule has 37 heavy (non-hydrogen) atoms. The first-order valence-electron chi connectivity index (χ1n) is 13.6. The van der Waals surface area contributed by atoms with Crippen molar-refractivity contribution >= 4 is 47.9 Å². The number of benzene rings is 2. The maximum Gasteiger partial charge on any atom is 0.311 e. The monoisotopic (exact) mass is 564 g/mol. The summed E-state index contributed by atoms with van der Waals surface area (Å²) < 4.78 is 12.5. The molecule has 206 valence electrons. The van der Waals surface area contributed by atoms with Crippen molar-refractivity contribution in [3.63, 3.8) is 0 Å². The number of ether oxygens (including phenoxy) is 1. The van der Waals surface area contributed by atoms with E-state index in [4.69, 9.17) is 32.4 Å². The Morgan fingerprint density at radius 1 is 0.811 bits per heavy atom. The molecule has 6 heteroatoms. The van der Waals surface area contributed by atoms with Gasteiger partial charge in [0.2, 0.25) is 0 Å². The molecule has 2 rings (SSSR count). The van der Waals surface area contributed by atoms with Crippen LogP contribution in [0.25, 0.3) is 0 Å². The van der Waals surface area contributed by atoms with Gasteiger partial charge in [-0.2, -0.15) is 0 Å². The molecule has 0 amide bonds. The van der Waals surface area contributed by atoms with Gasteiger partial charge in [0, 0.05) is 6.61 Å². The van der Waals surface area contributed by atoms with E-state index in [0.29, 0.717) is 0 Å². The van der Waals surface area contributed by atoms with Gasteiger partial charge in [-0.25, -0.2) is 0 Å². The Hall–Kier alpha value is -1.33. The molecule has 0 saturated carbocycles. The standard InChI is InChI=1S/C31H46Cl2O3Si/c1-30(2,3)29(34)36-28(24-32)27(33)22-16-8-7-9-17-23-35-37(31(4,5)6,25-18-12-10-13-19-25)26-20-14-11-15-21-26/h10-15,18-21,27-28H,7-9,16-17,22-24H2,1-6H3/t27-,28+/m1/s1. The van der Waals surface area contributed by atoms with E-state index < -0.39 is 19.8 Å². The minimum absolute atomic E-state index is 0.000468. The van der Waals surface area contributed by atoms with E-state index in [0.717, 1.165) is 45.1 Å². The second-order valence-electron chi connectivity index (χ2n) is 11.9. The number of unbranched alkanes of at least 4 members (excludes halogenated alkanes) is 4. The first-order chi connectivity index (χ1) is 17.4. The summed E-state index contributed by atoms with van der Waals surface area (Å²) in [6.45, 7) is 13.2. The topological polar surface area (TPSA) is 35.5 Å². The van der Waals surface area contributed by atoms with Crippen LogP contribution in [0.1, 0.15) is 80.1 Å². The quantitative estimate of drug-likeness (QED) is 0.102. The Kier molecular flexibility index (Phi) is 12.7. The highest BCUT2D eigenvalue weighted by atomic mass is 35.5. The third-order valence-electron chi connectivity index (χ3n) is 6.79. The maximum atomic E-state index is 12.2. The number of hydrogen-bond acceptors (Lipinski definition) is 3. The van der Waals surface area contributed by atoms with Crippen molar-refractivity contribution in [2.45, 2.75) is 96.6 Å². The molecule has 0 aliphatic heterocycles. The van der Waals surface area contributed by atoms with E-state index in [1.165, 1.54) is 10.4 Å². The molecular formula is C31H46Cl2O3Si. The largest absolute Gasteiger partial charge is 0.459 e. The molecule has 0 fully saturated rings. The van der Waals surface area contributed by atoms with Crippen molar-refractivity contribution in [3.05, 3.63) is 60.7 Å². The summed E-state index contributed by atoms with van der Waals surface area (Å²) in [6, 6.07) is 21.6. The lowest BCUT2D eigenvalue weighted by molar-refractivity contribution is -0.157. The van der Waals surface area contributed by atoms with E-state index in [1.807, 2.05) is 20.8 Å². The molecule has 2 aromatic rings. The lowest BCUT2D eigenvalue weighted by atomic mass is 9.97. The molecule has 0 bridgehead atoms. The van der Waals surface area contributed by atoms with Crippen LogP contribution in [-0.2, 0) is 14.0 Å². The summed E-state index contributed by atoms with van der Waals surface area (Å²) in [5.41, 5.74) is -0.558. The molecule has 0 aliphatic carbocycles. The van der Waals surface area contributed by atoms with Crippen molar-refractivity contribution in [3.8, 4) is 0 Å². The molecule has 0 unspecified atom stereocenters. The Labute approximate surface area is 236 Å². The van der Waals surface area contributed by atoms with E-state index in [9.17, 15) is 4.79 Å². The molecule has 0 aromatic heterocycles. The van der Waals surface area contributed by atoms with Gasteiger partial charge in [-0.05, 0) is 49.0 Å². The van der Waals surface area contributed by atoms with E-state index >= 15 is 0 Å². The second-order valence-corrected chi connectivity index (χ2v) is 17.1. The zero-order valence-corrected chi connectivity index (χ0v) is 26.1. The first kappa shape index (κ1) is 31.9. The lowest BCUT2D eigenvalue weighted by Crippen LogP contribution is -2.66. The average Bonchev–Trinajstić information content (AvgIpc) is 2.85. The summed E-state index contributed by atoms with van der Waals surface area (Å²) in [7, 11) is -2.45. The fourth-order valence-electron chi connectivity index (χ4n) is 4.66. The van der Waals surface area contributed by atoms with Crippen LogP contribution in [0, 0.1) is 5.41 Å². The van der Waals surface area contributed by atoms with Crippen LogP contribution >= 0.6 is 23.2 Å². The lowest BCUT2D eigenvalue weighted by Gasteiger charge is -2.43. The summed E-state index contributed by atoms with van der Waals surface area (Å²) in [4.78, 5) is 12.2. The van der Waals surface area contributed by atoms with Gasteiger partial charge in [0.05, 0.1) is 16.7 Å². The molecule has 2 atom stereocenters. The van der Waals surface area contributed by atoms with Crippen LogP contribution < -0.4 is 10.4 Å². The zero-order valence-electron chi connectivity index (χ0n) is 23.6. The summed E-state index contributed by atoms with van der Waals surface area (Å²) in [6.07, 6.45) is 5.69. The van der Waals surface area contributed by atoms with Gasteiger partial charge < -0.3 is 9.16 Å². The molecule has 0 radical (unpaired) electrons. The van der Waals surface area contributed by atoms with Crippen LogP contribution in [0.2, 0.25) is 5.04 Å². The van der Waals surface area contributed by atoms with Gasteiger partial charge in [0.1, 0.15) is 6.10 Å². The molecule has 2 aromatic carbocycles. The van der Waals surface area contributed by atoms with Crippen LogP contribution in [0.5, 0.6) is 0 Å². The van der Waals surface area contributed by atoms with Crippen molar-refractivity contribution in [1.29, 1.82) is 0 Å². The van der Waals surface area contributed by atoms with E-state index in [2.05, 4.69) is 81.4 Å². The molecule has 0 heterocycles. The summed E-state index contributed by atoms with van der Waals surface area (Å²) in [5.74, 6) is -0.0417. The number of esters is 1. The molecule has 0 spiro atoms. The second kappa shape index (κ2) is 14.7. The number of alkyl halides is 2. The van der Waals surface area contributed by atoms with Gasteiger partial charge >= 0.3 is 5.97 Å². The van der Waals surface area contributed by atoms with Gasteiger partial charge in [-0.15, -0.1) is 23.2 Å². The smallest absolute Gasteiger partial charge is 0.311 e. The fraction of sp³-hybridized carbons (Fsp3) is 0.581. The highest BCUT2D eigenvalue weighted by Gasteiger charge is 2.49. The highest BCUT2D eigenvalue weighted by molar-refractivity contribution is 6.99. The van der Waals surface area contributed by atoms with Crippen molar-refractivity contribution < 1.29 is 14.0 Å². The predicted octanol–water partition coefficient (Wildman–Crippen LogP) is 7.71. The molecule has 0 N–H and O–H groups in total.